The number of H-pyrrole nitrogens is 3. The first kappa shape index (κ1) is 29.6. The number of anilines is 3. The molecule has 7 rings (SSSR count). The summed E-state index contributed by atoms with van der Waals surface area (Å²) in [6, 6.07) is 28.8. The first-order valence-electron chi connectivity index (χ1n) is 14.4. The topological polar surface area (TPSA) is 241 Å². The van der Waals surface area contributed by atoms with Crippen molar-refractivity contribution in [2.45, 2.75) is 6.23 Å². The Morgan fingerprint density at radius 2 is 1.02 bits per heavy atom. The van der Waals surface area contributed by atoms with Crippen LogP contribution < -0.4 is 16.0 Å². The highest BCUT2D eigenvalue weighted by Crippen LogP contribution is 2.22. The number of rotatable bonds is 10. The predicted molar refractivity (Wildman–Crippen MR) is 172 cm³/mol. The zero-order valence-electron chi connectivity index (χ0n) is 24.7. The molecule has 0 bridgehead atoms. The van der Waals surface area contributed by atoms with Crippen LogP contribution in [0.25, 0.3) is 34.2 Å². The van der Waals surface area contributed by atoms with Crippen molar-refractivity contribution in [3.63, 3.8) is 0 Å². The highest BCUT2D eigenvalue weighted by Gasteiger charge is 2.20. The third-order valence-corrected chi connectivity index (χ3v) is 6.74. The summed E-state index contributed by atoms with van der Waals surface area (Å²) >= 11 is 0. The van der Waals surface area contributed by atoms with Crippen molar-refractivity contribution < 1.29 is 14.7 Å². The first-order chi connectivity index (χ1) is 23.5. The summed E-state index contributed by atoms with van der Waals surface area (Å²) in [4.78, 5) is 47.7. The fourth-order valence-corrected chi connectivity index (χ4v) is 4.46. The minimum absolute atomic E-state index is 0.0193. The van der Waals surface area contributed by atoms with E-state index < -0.39 is 18.0 Å². The molecule has 0 spiro atoms. The molecule has 0 radical (unpaired) electrons. The van der Waals surface area contributed by atoms with Gasteiger partial charge in [0.1, 0.15) is 11.6 Å². The normalized spacial score (nSPS) is 11.5. The SMILES string of the molecule is O=C(Nc1cc(NC(O)c2nc(-c3ccccc3)n[nH]2)nc(NC(=O)c2nc(-c3ccccc3)n[nH]2)n1)c1nc(-c2ccccc2)n[nH]1. The number of aliphatic hydroxyl groups is 1. The number of benzene rings is 3. The number of carbonyl (C=O) groups excluding carboxylic acids is 2. The lowest BCUT2D eigenvalue weighted by Gasteiger charge is -2.13. The van der Waals surface area contributed by atoms with Crippen molar-refractivity contribution in [2.24, 2.45) is 0 Å². The molecule has 3 aromatic carbocycles. The van der Waals surface area contributed by atoms with E-state index in [1.807, 2.05) is 78.9 Å². The van der Waals surface area contributed by atoms with Gasteiger partial charge in [-0.05, 0) is 0 Å². The Bertz CT molecular complexity index is 2070. The summed E-state index contributed by atoms with van der Waals surface area (Å²) in [7, 11) is 0. The van der Waals surface area contributed by atoms with Crippen molar-refractivity contribution in [2.75, 3.05) is 16.0 Å². The third kappa shape index (κ3) is 6.60. The lowest BCUT2D eigenvalue weighted by molar-refractivity contribution is 0.101. The van der Waals surface area contributed by atoms with Crippen molar-refractivity contribution in [1.29, 1.82) is 0 Å². The monoisotopic (exact) mass is 640 g/mol. The van der Waals surface area contributed by atoms with Gasteiger partial charge in [0, 0.05) is 22.8 Å². The minimum atomic E-state index is -1.41. The molecule has 48 heavy (non-hydrogen) atoms. The summed E-state index contributed by atoms with van der Waals surface area (Å²) in [6.45, 7) is 0. The zero-order chi connectivity index (χ0) is 32.9. The maximum Gasteiger partial charge on any atom is 0.295 e. The Morgan fingerprint density at radius 1 is 0.562 bits per heavy atom. The number of aromatic amines is 3. The molecule has 0 saturated heterocycles. The Balaban J connectivity index is 1.13. The van der Waals surface area contributed by atoms with Gasteiger partial charge in [0.05, 0.1) is 0 Å². The second-order valence-corrected chi connectivity index (χ2v) is 10.1. The molecule has 1 unspecified atom stereocenters. The van der Waals surface area contributed by atoms with E-state index in [1.54, 1.807) is 12.1 Å². The number of nitrogens with one attached hydrogen (secondary N) is 6. The van der Waals surface area contributed by atoms with Crippen molar-refractivity contribution in [3.8, 4) is 34.2 Å². The number of carbonyl (C=O) groups is 2. The van der Waals surface area contributed by atoms with Gasteiger partial charge in [0.2, 0.25) is 17.6 Å². The summed E-state index contributed by atoms with van der Waals surface area (Å²) < 4.78 is 0. The highest BCUT2D eigenvalue weighted by atomic mass is 16.3. The van der Waals surface area contributed by atoms with Crippen molar-refractivity contribution in [1.82, 2.24) is 55.5 Å². The maximum absolute atomic E-state index is 13.1. The van der Waals surface area contributed by atoms with Crippen LogP contribution in [0.4, 0.5) is 17.6 Å². The molecule has 2 amide bonds. The number of nitrogens with zero attached hydrogens (tertiary/aromatic N) is 8. The highest BCUT2D eigenvalue weighted by molar-refractivity contribution is 6.02. The zero-order valence-corrected chi connectivity index (χ0v) is 24.7. The smallest absolute Gasteiger partial charge is 0.295 e. The summed E-state index contributed by atoms with van der Waals surface area (Å²) in [6.07, 6.45) is -1.41. The molecule has 1 atom stereocenters. The van der Waals surface area contributed by atoms with Gasteiger partial charge < -0.3 is 15.7 Å². The average Bonchev–Trinajstić information content (AvgIpc) is 3.91. The number of hydrogen-bond acceptors (Lipinski definition) is 12. The molecule has 0 aliphatic heterocycles. The fourth-order valence-electron chi connectivity index (χ4n) is 4.46. The van der Waals surface area contributed by atoms with Gasteiger partial charge >= 0.3 is 0 Å². The molecule has 236 valence electrons. The number of aromatic nitrogens is 11. The van der Waals surface area contributed by atoms with Crippen LogP contribution in [0.1, 0.15) is 33.3 Å². The molecule has 0 aliphatic carbocycles. The van der Waals surface area contributed by atoms with Gasteiger partial charge in [0.15, 0.2) is 29.5 Å². The molecular weight excluding hydrogens is 616 g/mol. The molecule has 7 N–H and O–H groups in total. The molecule has 4 heterocycles. The molecule has 17 heteroatoms. The van der Waals surface area contributed by atoms with Crippen LogP contribution >= 0.6 is 0 Å². The van der Waals surface area contributed by atoms with E-state index in [0.717, 1.165) is 5.56 Å². The third-order valence-electron chi connectivity index (χ3n) is 6.74. The van der Waals surface area contributed by atoms with E-state index in [2.05, 4.69) is 71.5 Å². The number of aliphatic hydroxyl groups excluding tert-OH is 1. The number of amides is 2. The molecule has 7 aromatic rings. The standard InChI is InChI=1S/C31H24N14O3/c46-28(25-36-22(40-43-25)17-10-4-1-5-11-17)32-20-16-21(33-29(47)26-37-23(41-44-26)18-12-6-2-7-13-18)35-31(34-20)39-30(48)27-38-24(42-45-27)19-14-8-3-9-15-19/h1-16,28,46H,(H,36,40,43)(H,37,41,44)(H,38,42,45)(H3,32,33,34,35,39,47,48). The fraction of sp³-hybridized carbons (Fsp3) is 0.0323. The van der Waals surface area contributed by atoms with Gasteiger partial charge in [-0.25, -0.2) is 15.0 Å². The van der Waals surface area contributed by atoms with Crippen LogP contribution in [-0.2, 0) is 0 Å². The van der Waals surface area contributed by atoms with Gasteiger partial charge in [0.25, 0.3) is 11.8 Å². The van der Waals surface area contributed by atoms with Crippen molar-refractivity contribution >= 4 is 29.4 Å². The van der Waals surface area contributed by atoms with Gasteiger partial charge in [-0.1, -0.05) is 91.0 Å². The summed E-state index contributed by atoms with van der Waals surface area (Å²) in [5.41, 5.74) is 2.17. The van der Waals surface area contributed by atoms with Crippen LogP contribution in [0.2, 0.25) is 0 Å². The van der Waals surface area contributed by atoms with Crippen molar-refractivity contribution in [3.05, 3.63) is 115 Å². The molecule has 17 nitrogen and oxygen atoms in total. The van der Waals surface area contributed by atoms with Gasteiger partial charge in [-0.2, -0.15) is 25.3 Å². The van der Waals surface area contributed by atoms with E-state index in [1.165, 1.54) is 6.07 Å². The second kappa shape index (κ2) is 13.1. The quantitative estimate of drug-likeness (QED) is 0.106. The van der Waals surface area contributed by atoms with Gasteiger partial charge in [-0.3, -0.25) is 30.2 Å². The first-order valence-corrected chi connectivity index (χ1v) is 14.4. The Kier molecular flexibility index (Phi) is 8.05. The van der Waals surface area contributed by atoms with Crippen LogP contribution in [0, 0.1) is 0 Å². The van der Waals surface area contributed by atoms with E-state index in [-0.39, 0.29) is 35.1 Å². The lowest BCUT2D eigenvalue weighted by atomic mass is 10.2. The Hall–Kier alpha value is -7.14. The van der Waals surface area contributed by atoms with E-state index in [0.29, 0.717) is 28.6 Å². The van der Waals surface area contributed by atoms with E-state index in [9.17, 15) is 14.7 Å². The lowest BCUT2D eigenvalue weighted by Crippen LogP contribution is -2.20. The number of hydrogen-bond donors (Lipinski definition) is 7. The van der Waals surface area contributed by atoms with Crippen LogP contribution in [0.15, 0.2) is 97.1 Å². The Morgan fingerprint density at radius 3 is 1.56 bits per heavy atom. The largest absolute Gasteiger partial charge is 0.367 e. The minimum Gasteiger partial charge on any atom is -0.367 e. The second-order valence-electron chi connectivity index (χ2n) is 10.1. The summed E-state index contributed by atoms with van der Waals surface area (Å²) in [5, 5.41) is 39.2. The average molecular weight is 641 g/mol. The molecular formula is C31H24N14O3. The maximum atomic E-state index is 13.1. The van der Waals surface area contributed by atoms with E-state index in [4.69, 9.17) is 0 Å². The van der Waals surface area contributed by atoms with E-state index >= 15 is 0 Å². The molecule has 0 saturated carbocycles. The molecule has 0 fully saturated rings. The Labute approximate surface area is 270 Å². The van der Waals surface area contributed by atoms with Crippen LogP contribution in [0.3, 0.4) is 0 Å². The van der Waals surface area contributed by atoms with Crippen LogP contribution in [0.5, 0.6) is 0 Å². The summed E-state index contributed by atoms with van der Waals surface area (Å²) in [5.74, 6) is -0.702. The molecule has 0 aliphatic rings. The van der Waals surface area contributed by atoms with Crippen LogP contribution in [-0.4, -0.2) is 72.4 Å². The molecule has 4 aromatic heterocycles. The predicted octanol–water partition coefficient (Wildman–Crippen LogP) is 3.44. The van der Waals surface area contributed by atoms with Gasteiger partial charge in [-0.15, -0.1) is 0 Å².